The highest BCUT2D eigenvalue weighted by atomic mass is 19.1. The van der Waals surface area contributed by atoms with E-state index in [1.165, 1.54) is 6.07 Å². The van der Waals surface area contributed by atoms with Crippen LogP contribution in [0.25, 0.3) is 0 Å². The van der Waals surface area contributed by atoms with E-state index in [4.69, 9.17) is 0 Å². The number of hydrogen-bond donors (Lipinski definition) is 1. The average molecular weight is 247 g/mol. The second kappa shape index (κ2) is 5.67. The molecule has 2 rings (SSSR count). The van der Waals surface area contributed by atoms with Gasteiger partial charge in [-0.1, -0.05) is 12.1 Å². The van der Waals surface area contributed by atoms with Crippen LogP contribution in [0.1, 0.15) is 25.5 Å². The van der Waals surface area contributed by atoms with Gasteiger partial charge in [-0.15, -0.1) is 0 Å². The summed E-state index contributed by atoms with van der Waals surface area (Å²) in [6.07, 6.45) is 4.52. The molecule has 0 saturated heterocycles. The molecule has 2 aromatic rings. The van der Waals surface area contributed by atoms with Crippen LogP contribution < -0.4 is 5.32 Å². The fourth-order valence-corrected chi connectivity index (χ4v) is 1.88. The molecule has 1 aromatic carbocycles. The molecule has 0 amide bonds. The number of nitrogens with one attached hydrogen (secondary N) is 1. The molecule has 0 fully saturated rings. The number of imidazole rings is 1. The number of anilines is 1. The molecule has 1 N–H and O–H groups in total. The first-order valence-corrected chi connectivity index (χ1v) is 6.18. The summed E-state index contributed by atoms with van der Waals surface area (Å²) in [6.45, 7) is 4.96. The Balaban J connectivity index is 1.90. The summed E-state index contributed by atoms with van der Waals surface area (Å²) in [5.41, 5.74) is 0.991. The van der Waals surface area contributed by atoms with Crippen molar-refractivity contribution in [3.05, 3.63) is 48.0 Å². The lowest BCUT2D eigenvalue weighted by Crippen LogP contribution is -2.11. The summed E-state index contributed by atoms with van der Waals surface area (Å²) < 4.78 is 15.1. The van der Waals surface area contributed by atoms with Gasteiger partial charge < -0.3 is 9.88 Å². The minimum Gasteiger partial charge on any atom is -0.355 e. The Bertz CT molecular complexity index is 505. The van der Waals surface area contributed by atoms with Crippen LogP contribution in [-0.2, 0) is 6.42 Å². The predicted molar refractivity (Wildman–Crippen MR) is 71.2 cm³/mol. The van der Waals surface area contributed by atoms with Crippen molar-refractivity contribution in [2.24, 2.45) is 0 Å². The van der Waals surface area contributed by atoms with E-state index in [2.05, 4.69) is 28.7 Å². The molecule has 1 aromatic heterocycles. The van der Waals surface area contributed by atoms with Gasteiger partial charge >= 0.3 is 0 Å². The predicted octanol–water partition coefficient (Wildman–Crippen LogP) is 3.26. The third kappa shape index (κ3) is 3.09. The summed E-state index contributed by atoms with van der Waals surface area (Å²) in [7, 11) is 0. The summed E-state index contributed by atoms with van der Waals surface area (Å²) in [5.74, 6) is 0.678. The van der Waals surface area contributed by atoms with E-state index in [1.807, 2.05) is 12.3 Å². The van der Waals surface area contributed by atoms with E-state index in [0.717, 1.165) is 24.5 Å². The highest BCUT2D eigenvalue weighted by Crippen LogP contribution is 2.12. The van der Waals surface area contributed by atoms with Crippen molar-refractivity contribution in [3.63, 3.8) is 0 Å². The highest BCUT2D eigenvalue weighted by molar-refractivity contribution is 5.27. The summed E-state index contributed by atoms with van der Waals surface area (Å²) in [5, 5.41) is 3.27. The van der Waals surface area contributed by atoms with Crippen LogP contribution in [0.4, 0.5) is 10.3 Å². The van der Waals surface area contributed by atoms with Gasteiger partial charge in [0.05, 0.1) is 0 Å². The number of hydrogen-bond acceptors (Lipinski definition) is 2. The van der Waals surface area contributed by atoms with Gasteiger partial charge in [0.25, 0.3) is 0 Å². The molecule has 0 spiro atoms. The first-order valence-electron chi connectivity index (χ1n) is 6.18. The lowest BCUT2D eigenvalue weighted by atomic mass is 10.1. The molecular weight excluding hydrogens is 229 g/mol. The SMILES string of the molecule is CC(C)n1ccnc1NCCc1cccc(F)c1. The number of benzene rings is 1. The topological polar surface area (TPSA) is 29.9 Å². The third-order valence-corrected chi connectivity index (χ3v) is 2.81. The normalized spacial score (nSPS) is 10.9. The van der Waals surface area contributed by atoms with Crippen LogP contribution >= 0.6 is 0 Å². The zero-order valence-corrected chi connectivity index (χ0v) is 10.7. The number of nitrogens with zero attached hydrogens (tertiary/aromatic N) is 2. The fourth-order valence-electron chi connectivity index (χ4n) is 1.88. The molecule has 0 unspecified atom stereocenters. The number of aromatic nitrogens is 2. The molecule has 3 nitrogen and oxygen atoms in total. The number of halogens is 1. The first kappa shape index (κ1) is 12.6. The standard InChI is InChI=1S/C14H18FN3/c1-11(2)18-9-8-17-14(18)16-7-6-12-4-3-5-13(15)10-12/h3-5,8-11H,6-7H2,1-2H3,(H,16,17). The average Bonchev–Trinajstić information content (AvgIpc) is 2.77. The molecular formula is C14H18FN3. The van der Waals surface area contributed by atoms with Crippen molar-refractivity contribution in [2.75, 3.05) is 11.9 Å². The minimum atomic E-state index is -0.184. The summed E-state index contributed by atoms with van der Waals surface area (Å²) in [6, 6.07) is 7.07. The van der Waals surface area contributed by atoms with Crippen molar-refractivity contribution >= 4 is 5.95 Å². The number of rotatable bonds is 5. The molecule has 0 radical (unpaired) electrons. The molecule has 0 aliphatic rings. The van der Waals surface area contributed by atoms with Gasteiger partial charge in [-0.3, -0.25) is 0 Å². The van der Waals surface area contributed by atoms with Crippen molar-refractivity contribution in [3.8, 4) is 0 Å². The first-order chi connectivity index (χ1) is 8.66. The Kier molecular flexibility index (Phi) is 3.97. The Morgan fingerprint density at radius 1 is 1.39 bits per heavy atom. The van der Waals surface area contributed by atoms with Crippen LogP contribution in [0.15, 0.2) is 36.7 Å². The van der Waals surface area contributed by atoms with E-state index in [1.54, 1.807) is 18.3 Å². The minimum absolute atomic E-state index is 0.184. The maximum Gasteiger partial charge on any atom is 0.203 e. The molecule has 96 valence electrons. The molecule has 0 bridgehead atoms. The Hall–Kier alpha value is -1.84. The van der Waals surface area contributed by atoms with E-state index in [0.29, 0.717) is 6.04 Å². The molecule has 0 aliphatic heterocycles. The van der Waals surface area contributed by atoms with E-state index in [9.17, 15) is 4.39 Å². The molecule has 1 heterocycles. The van der Waals surface area contributed by atoms with Gasteiger partial charge in [0.1, 0.15) is 5.82 Å². The van der Waals surface area contributed by atoms with Crippen LogP contribution in [0, 0.1) is 5.82 Å². The van der Waals surface area contributed by atoms with Gasteiger partial charge in [-0.05, 0) is 38.0 Å². The maximum atomic E-state index is 13.0. The van der Waals surface area contributed by atoms with Gasteiger partial charge in [0, 0.05) is 25.0 Å². The highest BCUT2D eigenvalue weighted by Gasteiger charge is 2.04. The van der Waals surface area contributed by atoms with Crippen LogP contribution in [0.5, 0.6) is 0 Å². The quantitative estimate of drug-likeness (QED) is 0.879. The second-order valence-electron chi connectivity index (χ2n) is 4.56. The van der Waals surface area contributed by atoms with E-state index in [-0.39, 0.29) is 5.82 Å². The zero-order valence-electron chi connectivity index (χ0n) is 10.7. The summed E-state index contributed by atoms with van der Waals surface area (Å²) >= 11 is 0. The van der Waals surface area contributed by atoms with Crippen LogP contribution in [0.2, 0.25) is 0 Å². The van der Waals surface area contributed by atoms with Gasteiger partial charge in [0.15, 0.2) is 0 Å². The molecule has 0 aliphatic carbocycles. The van der Waals surface area contributed by atoms with Gasteiger partial charge in [0.2, 0.25) is 5.95 Å². The van der Waals surface area contributed by atoms with Crippen LogP contribution in [-0.4, -0.2) is 16.1 Å². The van der Waals surface area contributed by atoms with Gasteiger partial charge in [-0.2, -0.15) is 0 Å². The zero-order chi connectivity index (χ0) is 13.0. The van der Waals surface area contributed by atoms with Crippen molar-refractivity contribution in [1.29, 1.82) is 0 Å². The Morgan fingerprint density at radius 2 is 2.22 bits per heavy atom. The second-order valence-corrected chi connectivity index (χ2v) is 4.56. The Labute approximate surface area is 107 Å². The van der Waals surface area contributed by atoms with Crippen molar-refractivity contribution in [1.82, 2.24) is 9.55 Å². The fraction of sp³-hybridized carbons (Fsp3) is 0.357. The van der Waals surface area contributed by atoms with Crippen LogP contribution in [0.3, 0.4) is 0 Å². The van der Waals surface area contributed by atoms with E-state index < -0.39 is 0 Å². The van der Waals surface area contributed by atoms with Crippen molar-refractivity contribution in [2.45, 2.75) is 26.3 Å². The molecule has 0 atom stereocenters. The van der Waals surface area contributed by atoms with E-state index >= 15 is 0 Å². The third-order valence-electron chi connectivity index (χ3n) is 2.81. The molecule has 0 saturated carbocycles. The monoisotopic (exact) mass is 247 g/mol. The summed E-state index contributed by atoms with van der Waals surface area (Å²) in [4.78, 5) is 4.26. The smallest absolute Gasteiger partial charge is 0.203 e. The lowest BCUT2D eigenvalue weighted by Gasteiger charge is -2.12. The largest absolute Gasteiger partial charge is 0.355 e. The molecule has 4 heteroatoms. The molecule has 18 heavy (non-hydrogen) atoms. The maximum absolute atomic E-state index is 13.0. The lowest BCUT2D eigenvalue weighted by molar-refractivity contribution is 0.604. The van der Waals surface area contributed by atoms with Gasteiger partial charge in [-0.25, -0.2) is 9.37 Å². The Morgan fingerprint density at radius 3 is 2.94 bits per heavy atom. The van der Waals surface area contributed by atoms with Crippen molar-refractivity contribution < 1.29 is 4.39 Å².